The topological polar surface area (TPSA) is 112 Å². The maximum absolute atomic E-state index is 13.3. The SMILES string of the molecule is [2H]c1c(OC)c(OC)c([2H])c2c(N([2H])[2H])nc(N3CCN(C(=O)C4Oc5ccccc5OC4([2H])[2H])CC3)nc12. The van der Waals surface area contributed by atoms with Crippen LogP contribution in [0.4, 0.5) is 11.8 Å². The molecule has 5 rings (SSSR count). The van der Waals surface area contributed by atoms with E-state index in [2.05, 4.69) is 9.97 Å². The molecule has 0 saturated carbocycles. The zero-order chi connectivity index (χ0) is 28.1. The number of carbonyl (C=O) groups is 1. The van der Waals surface area contributed by atoms with Gasteiger partial charge in [-0.1, -0.05) is 12.1 Å². The fourth-order valence-corrected chi connectivity index (χ4v) is 3.70. The number of hydrogen-bond acceptors (Lipinski definition) is 9. The van der Waals surface area contributed by atoms with E-state index in [1.807, 2.05) is 0 Å². The molecule has 2 aliphatic heterocycles. The lowest BCUT2D eigenvalue weighted by Crippen LogP contribution is -2.54. The molecule has 3 aromatic rings. The van der Waals surface area contributed by atoms with Crippen LogP contribution in [0.25, 0.3) is 10.9 Å². The van der Waals surface area contributed by atoms with Crippen molar-refractivity contribution in [3.63, 3.8) is 0 Å². The summed E-state index contributed by atoms with van der Waals surface area (Å²) in [5.74, 6) is -0.211. The van der Waals surface area contributed by atoms with Crippen molar-refractivity contribution in [1.82, 2.24) is 14.9 Å². The number of nitrogen functional groups attached to an aromatic ring is 1. The molecule has 10 nitrogen and oxygen atoms in total. The summed E-state index contributed by atoms with van der Waals surface area (Å²) in [5.41, 5.74) is 0.261. The summed E-state index contributed by atoms with van der Waals surface area (Å²) in [4.78, 5) is 25.2. The third-order valence-electron chi connectivity index (χ3n) is 5.43. The average Bonchev–Trinajstić information content (AvgIpc) is 2.92. The molecule has 0 bridgehead atoms. The minimum atomic E-state index is -2.37. The van der Waals surface area contributed by atoms with Gasteiger partial charge in [-0.25, -0.2) is 4.98 Å². The predicted octanol–water partition coefficient (Wildman–Crippen LogP) is 1.72. The molecule has 1 atom stereocenters. The summed E-state index contributed by atoms with van der Waals surface area (Å²) in [5, 5.41) is -0.00262. The van der Waals surface area contributed by atoms with Crippen LogP contribution in [-0.4, -0.2) is 73.8 Å². The van der Waals surface area contributed by atoms with E-state index in [4.69, 9.17) is 27.3 Å². The minimum Gasteiger partial charge on any atom is -0.493 e. The van der Waals surface area contributed by atoms with E-state index in [9.17, 15) is 4.79 Å². The number of aromatic nitrogens is 2. The second-order valence-corrected chi connectivity index (χ2v) is 7.36. The first-order chi connectivity index (χ1) is 18.6. The lowest BCUT2D eigenvalue weighted by Gasteiger charge is -2.37. The Morgan fingerprint density at radius 3 is 2.61 bits per heavy atom. The fourth-order valence-electron chi connectivity index (χ4n) is 3.70. The Hall–Kier alpha value is -3.95. The van der Waals surface area contributed by atoms with Gasteiger partial charge in [-0.15, -0.1) is 0 Å². The number of hydrogen-bond donors (Lipinski definition) is 1. The van der Waals surface area contributed by atoms with Crippen LogP contribution in [-0.2, 0) is 4.79 Å². The summed E-state index contributed by atoms with van der Waals surface area (Å²) in [7, 11) is 2.66. The first-order valence-corrected chi connectivity index (χ1v) is 10.3. The number of nitrogens with zero attached hydrogens (tertiary/aromatic N) is 4. The Morgan fingerprint density at radius 2 is 1.88 bits per heavy atom. The van der Waals surface area contributed by atoms with E-state index in [0.29, 0.717) is 0 Å². The Morgan fingerprint density at radius 1 is 1.15 bits per heavy atom. The van der Waals surface area contributed by atoms with Crippen molar-refractivity contribution in [3.05, 3.63) is 36.4 Å². The number of methoxy groups -OCH3 is 2. The van der Waals surface area contributed by atoms with Crippen LogP contribution in [0.3, 0.4) is 0 Å². The molecule has 33 heavy (non-hydrogen) atoms. The third-order valence-corrected chi connectivity index (χ3v) is 5.43. The molecule has 0 radical (unpaired) electrons. The molecule has 2 aromatic carbocycles. The second-order valence-electron chi connectivity index (χ2n) is 7.36. The number of fused-ring (bicyclic) bond motifs is 2. The third kappa shape index (κ3) is 3.88. The Bertz CT molecular complexity index is 1440. The summed E-state index contributed by atoms with van der Waals surface area (Å²) in [6, 6.07) is 6.16. The van der Waals surface area contributed by atoms with Crippen molar-refractivity contribution in [1.29, 1.82) is 0 Å². The van der Waals surface area contributed by atoms with Crippen LogP contribution in [0.2, 0.25) is 2.82 Å². The highest BCUT2D eigenvalue weighted by Crippen LogP contribution is 2.34. The van der Waals surface area contributed by atoms with Gasteiger partial charge in [0, 0.05) is 37.6 Å². The van der Waals surface area contributed by atoms with Crippen molar-refractivity contribution in [2.24, 2.45) is 0 Å². The molecule has 0 aliphatic carbocycles. The molecular formula is C23H25N5O5. The number of piperazine rings is 1. The van der Waals surface area contributed by atoms with Crippen molar-refractivity contribution < 1.29 is 32.0 Å². The molecule has 1 saturated heterocycles. The number of anilines is 2. The van der Waals surface area contributed by atoms with Gasteiger partial charge in [0.15, 0.2) is 25.8 Å². The standard InChI is InChI=1S/C23H25N5O5/c1-30-18-11-14-15(12-19(18)31-2)25-23(26-21(14)24)28-9-7-27(8-10-28)22(29)20-13-32-16-5-3-4-6-17(16)33-20/h3-6,11-12,20H,7-10,13H2,1-2H3,(H2,24,25,26)/i11D,12D,13D2/hD2. The first-order valence-electron chi connectivity index (χ1n) is 13.2. The normalized spacial score (nSPS) is 21.7. The van der Waals surface area contributed by atoms with Gasteiger partial charge in [0.25, 0.3) is 5.91 Å². The number of rotatable bonds is 5. The number of carbonyl (C=O) groups excluding carboxylic acids is 1. The lowest BCUT2D eigenvalue weighted by molar-refractivity contribution is -0.141. The second kappa shape index (κ2) is 8.53. The van der Waals surface area contributed by atoms with E-state index in [0.717, 1.165) is 0 Å². The number of nitrogens with two attached hydrogens (primary N) is 1. The monoisotopic (exact) mass is 457 g/mol. The molecule has 3 heterocycles. The zero-order valence-electron chi connectivity index (χ0n) is 24.0. The average molecular weight is 458 g/mol. The van der Waals surface area contributed by atoms with Gasteiger partial charge < -0.3 is 34.5 Å². The van der Waals surface area contributed by atoms with Crippen molar-refractivity contribution in [3.8, 4) is 23.0 Å². The van der Waals surface area contributed by atoms with E-state index < -0.39 is 18.6 Å². The highest BCUT2D eigenvalue weighted by molar-refractivity contribution is 5.91. The van der Waals surface area contributed by atoms with Crippen molar-refractivity contribution in [2.45, 2.75) is 6.10 Å². The van der Waals surface area contributed by atoms with Crippen molar-refractivity contribution >= 4 is 28.6 Å². The summed E-state index contributed by atoms with van der Waals surface area (Å²) in [6.07, 6.45) is -1.49. The van der Waals surface area contributed by atoms with Gasteiger partial charge in [0.2, 0.25) is 12.1 Å². The molecule has 172 valence electrons. The number of ether oxygens (including phenoxy) is 4. The summed E-state index contributed by atoms with van der Waals surface area (Å²) in [6.45, 7) is -1.52. The van der Waals surface area contributed by atoms with Crippen LogP contribution >= 0.6 is 0 Å². The maximum atomic E-state index is 13.3. The Labute approximate surface area is 199 Å². The lowest BCUT2D eigenvalue weighted by atomic mass is 10.2. The van der Waals surface area contributed by atoms with Gasteiger partial charge in [0.1, 0.15) is 12.4 Å². The van der Waals surface area contributed by atoms with Gasteiger partial charge in [-0.3, -0.25) is 4.79 Å². The van der Waals surface area contributed by atoms with Crippen LogP contribution in [0.15, 0.2) is 36.4 Å². The number of benzene rings is 2. The molecule has 1 aromatic heterocycles. The summed E-state index contributed by atoms with van der Waals surface area (Å²) >= 11 is 0. The molecule has 10 heteroatoms. The van der Waals surface area contributed by atoms with Crippen LogP contribution in [0.5, 0.6) is 23.0 Å². The fraction of sp³-hybridized carbons (Fsp3) is 0.348. The molecule has 1 fully saturated rings. The molecule has 2 aliphatic rings. The molecule has 0 spiro atoms. The largest absolute Gasteiger partial charge is 0.493 e. The molecule has 2 N–H and O–H groups in total. The highest BCUT2D eigenvalue weighted by atomic mass is 16.6. The smallest absolute Gasteiger partial charge is 0.267 e. The van der Waals surface area contributed by atoms with Gasteiger partial charge in [0.05, 0.1) is 25.2 Å². The number of amides is 1. The Balaban J connectivity index is 1.41. The number of para-hydroxylation sites is 2. The highest BCUT2D eigenvalue weighted by Gasteiger charge is 2.33. The van der Waals surface area contributed by atoms with Crippen LogP contribution in [0, 0.1) is 0 Å². The van der Waals surface area contributed by atoms with E-state index in [1.54, 1.807) is 29.2 Å². The van der Waals surface area contributed by atoms with Crippen molar-refractivity contribution in [2.75, 3.05) is 57.6 Å². The van der Waals surface area contributed by atoms with E-state index in [-0.39, 0.29) is 89.7 Å². The predicted molar refractivity (Wildman–Crippen MR) is 122 cm³/mol. The molecule has 1 unspecified atom stereocenters. The van der Waals surface area contributed by atoms with E-state index >= 15 is 0 Å². The van der Waals surface area contributed by atoms with Gasteiger partial charge in [-0.2, -0.15) is 4.98 Å². The maximum Gasteiger partial charge on any atom is 0.267 e. The van der Waals surface area contributed by atoms with Crippen LogP contribution < -0.4 is 29.6 Å². The molecule has 1 amide bonds. The summed E-state index contributed by atoms with van der Waals surface area (Å²) < 4.78 is 70.8. The van der Waals surface area contributed by atoms with Gasteiger partial charge >= 0.3 is 0 Å². The van der Waals surface area contributed by atoms with Crippen LogP contribution in [0.1, 0.15) is 5.48 Å². The first kappa shape index (κ1) is 15.0. The molecular weight excluding hydrogens is 426 g/mol. The quantitative estimate of drug-likeness (QED) is 0.612. The van der Waals surface area contributed by atoms with E-state index in [1.165, 1.54) is 19.1 Å². The zero-order valence-corrected chi connectivity index (χ0v) is 18.0. The minimum absolute atomic E-state index is 0.00262. The van der Waals surface area contributed by atoms with Gasteiger partial charge in [-0.05, 0) is 18.2 Å². The Kier molecular flexibility index (Phi) is 3.87.